The normalized spacial score (nSPS) is 14.5. The molecule has 6 rings (SSSR count). The predicted octanol–water partition coefficient (Wildman–Crippen LogP) is 7.30. The third-order valence-electron chi connectivity index (χ3n) is 7.95. The standard InChI is InChI=1S/C35H33F3N4/c36-29-14-8-26(9-15-29)34-25-32(39-42(34)33-6-2-1-3-7-33)5-4-20-40-21-23-41(24-22-40)35(27-10-16-30(37)17-11-27)28-12-18-31(38)19-13-28/h1-3,6-19,25,35H,4-5,20-24H2. The number of nitrogens with zero attached hydrogens (tertiary/aromatic N) is 4. The average Bonchev–Trinajstić information content (AvgIpc) is 3.45. The molecule has 5 aromatic rings. The number of rotatable bonds is 9. The quantitative estimate of drug-likeness (QED) is 0.187. The molecule has 1 aliphatic heterocycles. The molecule has 0 atom stereocenters. The van der Waals surface area contributed by atoms with Crippen LogP contribution < -0.4 is 0 Å². The van der Waals surface area contributed by atoms with Crippen molar-refractivity contribution in [3.8, 4) is 16.9 Å². The number of aromatic nitrogens is 2. The molecule has 1 saturated heterocycles. The maximum absolute atomic E-state index is 13.7. The molecule has 1 aliphatic rings. The number of hydrogen-bond acceptors (Lipinski definition) is 3. The van der Waals surface area contributed by atoms with Crippen LogP contribution in [0.25, 0.3) is 16.9 Å². The molecule has 0 aliphatic carbocycles. The Hall–Kier alpha value is -4.20. The number of benzene rings is 4. The highest BCUT2D eigenvalue weighted by atomic mass is 19.1. The van der Waals surface area contributed by atoms with E-state index in [1.54, 1.807) is 12.1 Å². The zero-order valence-electron chi connectivity index (χ0n) is 23.3. The Balaban J connectivity index is 1.10. The van der Waals surface area contributed by atoms with Crippen LogP contribution in [0.5, 0.6) is 0 Å². The fourth-order valence-corrected chi connectivity index (χ4v) is 5.78. The van der Waals surface area contributed by atoms with Gasteiger partial charge in [-0.3, -0.25) is 4.90 Å². The van der Waals surface area contributed by atoms with Crippen molar-refractivity contribution in [1.29, 1.82) is 0 Å². The summed E-state index contributed by atoms with van der Waals surface area (Å²) in [5, 5.41) is 4.92. The average molecular weight is 567 g/mol. The number of hydrogen-bond donors (Lipinski definition) is 0. The highest BCUT2D eigenvalue weighted by molar-refractivity contribution is 5.62. The maximum atomic E-state index is 13.7. The van der Waals surface area contributed by atoms with E-state index < -0.39 is 0 Å². The van der Waals surface area contributed by atoms with E-state index in [9.17, 15) is 13.2 Å². The molecule has 0 saturated carbocycles. The first-order valence-electron chi connectivity index (χ1n) is 14.4. The Bertz CT molecular complexity index is 1530. The Morgan fingerprint density at radius 3 is 1.76 bits per heavy atom. The molecule has 1 aromatic heterocycles. The summed E-state index contributed by atoms with van der Waals surface area (Å²) < 4.78 is 42.8. The molecule has 0 unspecified atom stereocenters. The second kappa shape index (κ2) is 12.8. The molecule has 42 heavy (non-hydrogen) atoms. The zero-order valence-corrected chi connectivity index (χ0v) is 23.3. The first kappa shape index (κ1) is 27.9. The summed E-state index contributed by atoms with van der Waals surface area (Å²) in [5.41, 5.74) is 5.84. The first-order valence-corrected chi connectivity index (χ1v) is 14.4. The smallest absolute Gasteiger partial charge is 0.123 e. The SMILES string of the molecule is Fc1ccc(-c2cc(CCCN3CCN(C(c4ccc(F)cc4)c4ccc(F)cc4)CC3)nn2-c2ccccc2)cc1. The van der Waals surface area contributed by atoms with Gasteiger partial charge in [0.15, 0.2) is 0 Å². The lowest BCUT2D eigenvalue weighted by Gasteiger charge is -2.39. The van der Waals surface area contributed by atoms with Gasteiger partial charge in [0.1, 0.15) is 17.5 Å². The summed E-state index contributed by atoms with van der Waals surface area (Å²) in [6.45, 7) is 4.50. The largest absolute Gasteiger partial charge is 0.301 e. The van der Waals surface area contributed by atoms with Crippen LogP contribution in [0.2, 0.25) is 0 Å². The second-order valence-electron chi connectivity index (χ2n) is 10.8. The minimum absolute atomic E-state index is 0.0554. The van der Waals surface area contributed by atoms with E-state index in [0.29, 0.717) is 0 Å². The first-order chi connectivity index (χ1) is 20.5. The molecular formula is C35H33F3N4. The van der Waals surface area contributed by atoms with Gasteiger partial charge in [0.25, 0.3) is 0 Å². The molecule has 0 spiro atoms. The van der Waals surface area contributed by atoms with Gasteiger partial charge in [0, 0.05) is 31.7 Å². The van der Waals surface area contributed by atoms with Crippen molar-refractivity contribution >= 4 is 0 Å². The van der Waals surface area contributed by atoms with Gasteiger partial charge in [-0.1, -0.05) is 42.5 Å². The molecule has 2 heterocycles. The molecule has 4 nitrogen and oxygen atoms in total. The van der Waals surface area contributed by atoms with Crippen LogP contribution in [0.3, 0.4) is 0 Å². The van der Waals surface area contributed by atoms with Crippen molar-refractivity contribution in [3.63, 3.8) is 0 Å². The summed E-state index contributed by atoms with van der Waals surface area (Å²) in [7, 11) is 0. The van der Waals surface area contributed by atoms with Crippen molar-refractivity contribution in [2.75, 3.05) is 32.7 Å². The lowest BCUT2D eigenvalue weighted by atomic mass is 9.96. The van der Waals surface area contributed by atoms with Crippen molar-refractivity contribution < 1.29 is 13.2 Å². The Morgan fingerprint density at radius 2 is 1.19 bits per heavy atom. The van der Waals surface area contributed by atoms with E-state index in [2.05, 4.69) is 15.9 Å². The fourth-order valence-electron chi connectivity index (χ4n) is 5.78. The Kier molecular flexibility index (Phi) is 8.49. The summed E-state index contributed by atoms with van der Waals surface area (Å²) in [4.78, 5) is 4.87. The second-order valence-corrected chi connectivity index (χ2v) is 10.8. The molecule has 0 N–H and O–H groups in total. The van der Waals surface area contributed by atoms with Crippen LogP contribution in [0.1, 0.15) is 29.3 Å². The van der Waals surface area contributed by atoms with Gasteiger partial charge < -0.3 is 4.90 Å². The van der Waals surface area contributed by atoms with Gasteiger partial charge >= 0.3 is 0 Å². The van der Waals surface area contributed by atoms with E-state index >= 15 is 0 Å². The maximum Gasteiger partial charge on any atom is 0.123 e. The highest BCUT2D eigenvalue weighted by Gasteiger charge is 2.26. The van der Waals surface area contributed by atoms with Gasteiger partial charge in [0.05, 0.1) is 23.1 Å². The van der Waals surface area contributed by atoms with Crippen molar-refractivity contribution in [2.45, 2.75) is 18.9 Å². The summed E-state index contributed by atoms with van der Waals surface area (Å²) in [6.07, 6.45) is 1.80. The molecule has 4 aromatic carbocycles. The summed E-state index contributed by atoms with van der Waals surface area (Å²) in [6, 6.07) is 31.8. The van der Waals surface area contributed by atoms with Gasteiger partial charge in [0.2, 0.25) is 0 Å². The van der Waals surface area contributed by atoms with E-state index in [0.717, 1.165) is 79.3 Å². The van der Waals surface area contributed by atoms with E-state index in [1.165, 1.54) is 36.4 Å². The molecular weight excluding hydrogens is 533 g/mol. The Morgan fingerprint density at radius 1 is 0.643 bits per heavy atom. The lowest BCUT2D eigenvalue weighted by Crippen LogP contribution is -2.48. The minimum atomic E-state index is -0.264. The zero-order chi connectivity index (χ0) is 28.9. The minimum Gasteiger partial charge on any atom is -0.301 e. The number of para-hydroxylation sites is 1. The summed E-state index contributed by atoms with van der Waals surface area (Å²) in [5.74, 6) is -0.786. The van der Waals surface area contributed by atoms with Gasteiger partial charge in [-0.2, -0.15) is 5.10 Å². The van der Waals surface area contributed by atoms with Crippen molar-refractivity contribution in [1.82, 2.24) is 19.6 Å². The van der Waals surface area contributed by atoms with Crippen LogP contribution in [0, 0.1) is 17.5 Å². The van der Waals surface area contributed by atoms with Crippen LogP contribution in [0.4, 0.5) is 13.2 Å². The van der Waals surface area contributed by atoms with Crippen molar-refractivity contribution in [3.05, 3.63) is 143 Å². The third kappa shape index (κ3) is 6.48. The van der Waals surface area contributed by atoms with Crippen LogP contribution >= 0.6 is 0 Å². The number of piperazine rings is 1. The van der Waals surface area contributed by atoms with Gasteiger partial charge in [-0.15, -0.1) is 0 Å². The van der Waals surface area contributed by atoms with Crippen LogP contribution in [-0.2, 0) is 6.42 Å². The topological polar surface area (TPSA) is 24.3 Å². The predicted molar refractivity (Wildman–Crippen MR) is 160 cm³/mol. The molecule has 0 radical (unpaired) electrons. The fraction of sp³-hybridized carbons (Fsp3) is 0.229. The highest BCUT2D eigenvalue weighted by Crippen LogP contribution is 2.30. The molecule has 0 amide bonds. The third-order valence-corrected chi connectivity index (χ3v) is 7.95. The molecule has 214 valence electrons. The number of halogens is 3. The van der Waals surface area contributed by atoms with E-state index in [-0.39, 0.29) is 23.5 Å². The van der Waals surface area contributed by atoms with Crippen LogP contribution in [-0.4, -0.2) is 52.3 Å². The van der Waals surface area contributed by atoms with Crippen molar-refractivity contribution in [2.24, 2.45) is 0 Å². The van der Waals surface area contributed by atoms with E-state index in [1.807, 2.05) is 59.3 Å². The summed E-state index contributed by atoms with van der Waals surface area (Å²) >= 11 is 0. The molecule has 1 fully saturated rings. The van der Waals surface area contributed by atoms with Gasteiger partial charge in [-0.05, 0) is 97.2 Å². The molecule has 0 bridgehead atoms. The van der Waals surface area contributed by atoms with E-state index in [4.69, 9.17) is 5.10 Å². The van der Waals surface area contributed by atoms with Crippen LogP contribution in [0.15, 0.2) is 109 Å². The lowest BCUT2D eigenvalue weighted by molar-refractivity contribution is 0.108. The number of aryl methyl sites for hydroxylation is 1. The molecule has 7 heteroatoms. The monoisotopic (exact) mass is 566 g/mol. The van der Waals surface area contributed by atoms with Gasteiger partial charge in [-0.25, -0.2) is 17.9 Å². The Labute approximate surface area is 244 Å².